The monoisotopic (exact) mass is 230 g/mol. The summed E-state index contributed by atoms with van der Waals surface area (Å²) in [6.07, 6.45) is 2.67. The molecule has 0 fully saturated rings. The van der Waals surface area contributed by atoms with Gasteiger partial charge in [0, 0.05) is 18.7 Å². The Balaban J connectivity index is 3.71. The molecule has 0 spiro atoms. The zero-order chi connectivity index (χ0) is 9.61. The van der Waals surface area contributed by atoms with Gasteiger partial charge in [0.15, 0.2) is 6.49 Å². The molecule has 0 amide bonds. The van der Waals surface area contributed by atoms with Crippen LogP contribution in [-0.2, 0) is 9.36 Å². The molecule has 0 aliphatic heterocycles. The van der Waals surface area contributed by atoms with Crippen LogP contribution in [0.15, 0.2) is 0 Å². The smallest absolute Gasteiger partial charge is 0.222 e. The molecular weight excluding hydrogens is 218 g/mol. The van der Waals surface area contributed by atoms with Crippen molar-refractivity contribution in [3.05, 3.63) is 0 Å². The SMILES string of the molecule is CCCCP(=O)(Cl)CCC(=O)Cl. The van der Waals surface area contributed by atoms with E-state index in [2.05, 4.69) is 0 Å². The Morgan fingerprint density at radius 2 is 2.00 bits per heavy atom. The van der Waals surface area contributed by atoms with Crippen LogP contribution in [0.25, 0.3) is 0 Å². The van der Waals surface area contributed by atoms with Crippen molar-refractivity contribution < 1.29 is 9.36 Å². The minimum atomic E-state index is -2.60. The molecule has 0 aliphatic carbocycles. The van der Waals surface area contributed by atoms with Crippen LogP contribution in [0.4, 0.5) is 0 Å². The molecular formula is C7H13Cl2O2P. The lowest BCUT2D eigenvalue weighted by Gasteiger charge is -2.07. The highest BCUT2D eigenvalue weighted by Crippen LogP contribution is 2.52. The fourth-order valence-electron chi connectivity index (χ4n) is 0.761. The fourth-order valence-corrected chi connectivity index (χ4v) is 3.15. The van der Waals surface area contributed by atoms with Crippen LogP contribution in [0.1, 0.15) is 26.2 Å². The van der Waals surface area contributed by atoms with Crippen molar-refractivity contribution in [3.63, 3.8) is 0 Å². The van der Waals surface area contributed by atoms with Gasteiger partial charge < -0.3 is 4.57 Å². The molecule has 1 unspecified atom stereocenters. The van der Waals surface area contributed by atoms with Gasteiger partial charge in [-0.1, -0.05) is 24.6 Å². The zero-order valence-corrected chi connectivity index (χ0v) is 9.46. The highest BCUT2D eigenvalue weighted by atomic mass is 35.7. The summed E-state index contributed by atoms with van der Waals surface area (Å²) in [7, 11) is 0. The van der Waals surface area contributed by atoms with E-state index in [0.717, 1.165) is 12.8 Å². The van der Waals surface area contributed by atoms with Crippen LogP contribution in [0.3, 0.4) is 0 Å². The Kier molecular flexibility index (Phi) is 6.25. The molecule has 0 saturated heterocycles. The van der Waals surface area contributed by atoms with E-state index in [4.69, 9.17) is 22.8 Å². The summed E-state index contributed by atoms with van der Waals surface area (Å²) in [5.74, 6) is 0. The first kappa shape index (κ1) is 12.5. The normalized spacial score (nSPS) is 15.6. The van der Waals surface area contributed by atoms with Gasteiger partial charge >= 0.3 is 0 Å². The predicted octanol–water partition coefficient (Wildman–Crippen LogP) is 3.46. The first-order valence-corrected chi connectivity index (χ1v) is 7.30. The number of hydrogen-bond acceptors (Lipinski definition) is 2. The number of halogens is 2. The van der Waals surface area contributed by atoms with Gasteiger partial charge in [0.1, 0.15) is 0 Å². The number of carbonyl (C=O) groups is 1. The third kappa shape index (κ3) is 7.15. The second kappa shape index (κ2) is 6.01. The molecule has 0 aliphatic rings. The van der Waals surface area contributed by atoms with Gasteiger partial charge in [-0.2, -0.15) is 0 Å². The Hall–Kier alpha value is 0.480. The fraction of sp³-hybridized carbons (Fsp3) is 0.857. The largest absolute Gasteiger partial charge is 0.307 e. The highest BCUT2D eigenvalue weighted by molar-refractivity contribution is 7.89. The van der Waals surface area contributed by atoms with E-state index in [0.29, 0.717) is 6.16 Å². The van der Waals surface area contributed by atoms with Gasteiger partial charge in [-0.15, -0.1) is 0 Å². The number of hydrogen-bond donors (Lipinski definition) is 0. The maximum Gasteiger partial charge on any atom is 0.222 e. The number of rotatable bonds is 6. The third-order valence-electron chi connectivity index (χ3n) is 1.49. The van der Waals surface area contributed by atoms with Crippen LogP contribution >= 0.6 is 29.3 Å². The zero-order valence-electron chi connectivity index (χ0n) is 7.06. The third-order valence-corrected chi connectivity index (χ3v) is 4.57. The second-order valence-corrected chi connectivity index (χ2v) is 7.44. The summed E-state index contributed by atoms with van der Waals surface area (Å²) in [5, 5.41) is -0.465. The van der Waals surface area contributed by atoms with Crippen molar-refractivity contribution in [2.45, 2.75) is 26.2 Å². The number of carbonyl (C=O) groups excluding carboxylic acids is 1. The van der Waals surface area contributed by atoms with Gasteiger partial charge in [0.25, 0.3) is 0 Å². The first-order valence-electron chi connectivity index (χ1n) is 3.94. The van der Waals surface area contributed by atoms with Gasteiger partial charge in [-0.25, -0.2) is 0 Å². The standard InChI is InChI=1S/C7H13Cl2O2P/c1-2-3-5-12(9,11)6-4-7(8)10/h2-6H2,1H3. The van der Waals surface area contributed by atoms with E-state index in [1.807, 2.05) is 6.92 Å². The molecule has 0 saturated carbocycles. The molecule has 0 rings (SSSR count). The maximum absolute atomic E-state index is 11.4. The molecule has 0 aromatic carbocycles. The van der Waals surface area contributed by atoms with E-state index in [1.54, 1.807) is 0 Å². The lowest BCUT2D eigenvalue weighted by atomic mass is 10.4. The van der Waals surface area contributed by atoms with Gasteiger partial charge in [-0.05, 0) is 18.0 Å². The Labute approximate surface area is 82.8 Å². The Morgan fingerprint density at radius 1 is 1.42 bits per heavy atom. The summed E-state index contributed by atoms with van der Waals surface area (Å²) in [6.45, 7) is -0.592. The van der Waals surface area contributed by atoms with Crippen molar-refractivity contribution in [3.8, 4) is 0 Å². The van der Waals surface area contributed by atoms with Crippen LogP contribution in [0.5, 0.6) is 0 Å². The van der Waals surface area contributed by atoms with Crippen molar-refractivity contribution in [2.75, 3.05) is 12.3 Å². The molecule has 72 valence electrons. The minimum absolute atomic E-state index is 0.117. The lowest BCUT2D eigenvalue weighted by Crippen LogP contribution is -1.94. The van der Waals surface area contributed by atoms with Gasteiger partial charge in [0.05, 0.1) is 0 Å². The second-order valence-electron chi connectivity index (χ2n) is 2.70. The average Bonchev–Trinajstić information content (AvgIpc) is 1.98. The van der Waals surface area contributed by atoms with E-state index in [9.17, 15) is 9.36 Å². The molecule has 0 heterocycles. The minimum Gasteiger partial charge on any atom is -0.307 e. The maximum atomic E-state index is 11.4. The predicted molar refractivity (Wildman–Crippen MR) is 53.6 cm³/mol. The molecule has 0 bridgehead atoms. The highest BCUT2D eigenvalue weighted by Gasteiger charge is 2.18. The topological polar surface area (TPSA) is 34.1 Å². The molecule has 0 aromatic rings. The summed E-state index contributed by atoms with van der Waals surface area (Å²) in [5.41, 5.74) is 0. The van der Waals surface area contributed by atoms with Crippen LogP contribution in [-0.4, -0.2) is 17.6 Å². The molecule has 0 aromatic heterocycles. The average molecular weight is 231 g/mol. The van der Waals surface area contributed by atoms with Crippen LogP contribution in [0, 0.1) is 0 Å². The van der Waals surface area contributed by atoms with Crippen LogP contribution in [0.2, 0.25) is 0 Å². The summed E-state index contributed by atoms with van der Waals surface area (Å²) in [4.78, 5) is 10.3. The van der Waals surface area contributed by atoms with Crippen LogP contribution < -0.4 is 0 Å². The van der Waals surface area contributed by atoms with Crippen molar-refractivity contribution >= 4 is 34.6 Å². The molecule has 5 heteroatoms. The molecule has 12 heavy (non-hydrogen) atoms. The van der Waals surface area contributed by atoms with E-state index in [1.165, 1.54) is 0 Å². The molecule has 0 N–H and O–H groups in total. The molecule has 2 nitrogen and oxygen atoms in total. The van der Waals surface area contributed by atoms with Crippen molar-refractivity contribution in [1.82, 2.24) is 0 Å². The quantitative estimate of drug-likeness (QED) is 0.518. The summed E-state index contributed by atoms with van der Waals surface area (Å²) < 4.78 is 11.4. The van der Waals surface area contributed by atoms with Crippen molar-refractivity contribution in [2.24, 2.45) is 0 Å². The molecule has 1 atom stereocenters. The molecule has 0 radical (unpaired) electrons. The summed E-state index contributed by atoms with van der Waals surface area (Å²) >= 11 is 10.8. The van der Waals surface area contributed by atoms with Crippen molar-refractivity contribution in [1.29, 1.82) is 0 Å². The van der Waals surface area contributed by atoms with E-state index in [-0.39, 0.29) is 12.6 Å². The Morgan fingerprint density at radius 3 is 2.42 bits per heavy atom. The first-order chi connectivity index (χ1) is 5.48. The lowest BCUT2D eigenvalue weighted by molar-refractivity contribution is -0.111. The van der Waals surface area contributed by atoms with E-state index < -0.39 is 11.7 Å². The van der Waals surface area contributed by atoms with E-state index >= 15 is 0 Å². The summed E-state index contributed by atoms with van der Waals surface area (Å²) in [6, 6.07) is 0. The van der Waals surface area contributed by atoms with Gasteiger partial charge in [-0.3, -0.25) is 4.79 Å². The van der Waals surface area contributed by atoms with Gasteiger partial charge in [0.2, 0.25) is 5.24 Å². The Bertz CT molecular complexity index is 194. The number of unbranched alkanes of at least 4 members (excludes halogenated alkanes) is 1.